The highest BCUT2D eigenvalue weighted by Crippen LogP contribution is 2.21. The molecule has 5 nitrogen and oxygen atoms in total. The standard InChI is InChI=1S/C14H10ClN3O2/c15-12-6-5-11(14(19)20)13(18-12)17-10-3-1-9(2-4-10)7-8-16/h1-6H,7H2,(H,17,18)(H,19,20). The van der Waals surface area contributed by atoms with Crippen molar-refractivity contribution < 1.29 is 9.90 Å². The molecule has 0 atom stereocenters. The van der Waals surface area contributed by atoms with Crippen molar-refractivity contribution in [2.24, 2.45) is 0 Å². The molecule has 0 amide bonds. The van der Waals surface area contributed by atoms with E-state index in [2.05, 4.69) is 16.4 Å². The number of nitriles is 1. The smallest absolute Gasteiger partial charge is 0.339 e. The number of nitrogens with one attached hydrogen (secondary N) is 1. The molecule has 6 heteroatoms. The molecule has 1 aromatic carbocycles. The van der Waals surface area contributed by atoms with E-state index < -0.39 is 5.97 Å². The molecule has 0 fully saturated rings. The summed E-state index contributed by atoms with van der Waals surface area (Å²) < 4.78 is 0. The fraction of sp³-hybridized carbons (Fsp3) is 0.0714. The molecule has 1 heterocycles. The largest absolute Gasteiger partial charge is 0.478 e. The lowest BCUT2D eigenvalue weighted by molar-refractivity contribution is 0.0697. The van der Waals surface area contributed by atoms with Crippen LogP contribution in [0.5, 0.6) is 0 Å². The van der Waals surface area contributed by atoms with Gasteiger partial charge in [0.1, 0.15) is 16.5 Å². The number of hydrogen-bond donors (Lipinski definition) is 2. The maximum atomic E-state index is 11.1. The van der Waals surface area contributed by atoms with E-state index in [1.807, 2.05) is 0 Å². The van der Waals surface area contributed by atoms with Crippen molar-refractivity contribution in [1.82, 2.24) is 4.98 Å². The normalized spacial score (nSPS) is 9.80. The van der Waals surface area contributed by atoms with E-state index in [1.54, 1.807) is 24.3 Å². The number of aromatic carboxylic acids is 1. The van der Waals surface area contributed by atoms with Crippen molar-refractivity contribution in [3.8, 4) is 6.07 Å². The molecule has 2 rings (SSSR count). The number of carboxylic acids is 1. The van der Waals surface area contributed by atoms with E-state index in [4.69, 9.17) is 22.0 Å². The van der Waals surface area contributed by atoms with Crippen LogP contribution in [0.2, 0.25) is 5.15 Å². The van der Waals surface area contributed by atoms with Crippen LogP contribution < -0.4 is 5.32 Å². The fourth-order valence-corrected chi connectivity index (χ4v) is 1.78. The van der Waals surface area contributed by atoms with Gasteiger partial charge >= 0.3 is 5.97 Å². The maximum absolute atomic E-state index is 11.1. The van der Waals surface area contributed by atoms with Crippen molar-refractivity contribution >= 4 is 29.1 Å². The van der Waals surface area contributed by atoms with Gasteiger partial charge in [-0.1, -0.05) is 23.7 Å². The van der Waals surface area contributed by atoms with E-state index >= 15 is 0 Å². The summed E-state index contributed by atoms with van der Waals surface area (Å²) in [4.78, 5) is 15.1. The quantitative estimate of drug-likeness (QED) is 0.843. The monoisotopic (exact) mass is 287 g/mol. The van der Waals surface area contributed by atoms with Gasteiger partial charge in [-0.25, -0.2) is 9.78 Å². The molecule has 20 heavy (non-hydrogen) atoms. The molecule has 0 unspecified atom stereocenters. The van der Waals surface area contributed by atoms with Gasteiger partial charge in [0.05, 0.1) is 12.5 Å². The second-order valence-electron chi connectivity index (χ2n) is 3.99. The van der Waals surface area contributed by atoms with Gasteiger partial charge in [0.15, 0.2) is 0 Å². The van der Waals surface area contributed by atoms with Gasteiger partial charge in [0.2, 0.25) is 0 Å². The number of anilines is 2. The van der Waals surface area contributed by atoms with Gasteiger partial charge in [0.25, 0.3) is 0 Å². The van der Waals surface area contributed by atoms with Crippen LogP contribution in [0.1, 0.15) is 15.9 Å². The Labute approximate surface area is 120 Å². The summed E-state index contributed by atoms with van der Waals surface area (Å²) in [7, 11) is 0. The Morgan fingerprint density at radius 2 is 2.00 bits per heavy atom. The summed E-state index contributed by atoms with van der Waals surface area (Å²) >= 11 is 5.77. The molecular weight excluding hydrogens is 278 g/mol. The SMILES string of the molecule is N#CCc1ccc(Nc2nc(Cl)ccc2C(=O)O)cc1. The minimum atomic E-state index is -1.09. The van der Waals surface area contributed by atoms with Gasteiger partial charge in [-0.2, -0.15) is 5.26 Å². The molecule has 0 bridgehead atoms. The number of aromatic nitrogens is 1. The number of hydrogen-bond acceptors (Lipinski definition) is 4. The van der Waals surface area contributed by atoms with Gasteiger partial charge in [0, 0.05) is 5.69 Å². The number of benzene rings is 1. The fourth-order valence-electron chi connectivity index (χ4n) is 1.64. The van der Waals surface area contributed by atoms with E-state index in [9.17, 15) is 4.79 Å². The van der Waals surface area contributed by atoms with E-state index in [-0.39, 0.29) is 16.5 Å². The third-order valence-corrected chi connectivity index (χ3v) is 2.80. The molecule has 0 spiro atoms. The van der Waals surface area contributed by atoms with E-state index in [0.717, 1.165) is 5.56 Å². The summed E-state index contributed by atoms with van der Waals surface area (Å²) in [6, 6.07) is 12.0. The summed E-state index contributed by atoms with van der Waals surface area (Å²) in [6.07, 6.45) is 0.329. The third-order valence-electron chi connectivity index (χ3n) is 2.59. The number of pyridine rings is 1. The zero-order valence-electron chi connectivity index (χ0n) is 10.3. The van der Waals surface area contributed by atoms with Crippen LogP contribution in [0.3, 0.4) is 0 Å². The van der Waals surface area contributed by atoms with Gasteiger partial charge in [-0.05, 0) is 29.8 Å². The van der Waals surface area contributed by atoms with Crippen molar-refractivity contribution in [3.63, 3.8) is 0 Å². The first-order valence-electron chi connectivity index (χ1n) is 5.73. The van der Waals surface area contributed by atoms with Crippen molar-refractivity contribution in [1.29, 1.82) is 5.26 Å². The number of halogens is 1. The van der Waals surface area contributed by atoms with Gasteiger partial charge < -0.3 is 10.4 Å². The molecule has 100 valence electrons. The number of carboxylic acid groups (broad SMARTS) is 1. The van der Waals surface area contributed by atoms with Gasteiger partial charge in [-0.15, -0.1) is 0 Å². The molecule has 0 aliphatic heterocycles. The minimum Gasteiger partial charge on any atom is -0.478 e. The Morgan fingerprint density at radius 1 is 1.30 bits per heavy atom. The molecule has 0 saturated heterocycles. The summed E-state index contributed by atoms with van der Waals surface area (Å²) in [5.41, 5.74) is 1.59. The Morgan fingerprint density at radius 3 is 2.60 bits per heavy atom. The van der Waals surface area contributed by atoms with Crippen LogP contribution in [0.25, 0.3) is 0 Å². The highest BCUT2D eigenvalue weighted by atomic mass is 35.5. The zero-order valence-corrected chi connectivity index (χ0v) is 11.1. The van der Waals surface area contributed by atoms with E-state index in [0.29, 0.717) is 12.1 Å². The summed E-state index contributed by atoms with van der Waals surface area (Å²) in [6.45, 7) is 0. The molecule has 2 aromatic rings. The second kappa shape index (κ2) is 6.04. The van der Waals surface area contributed by atoms with Crippen LogP contribution in [0.15, 0.2) is 36.4 Å². The first-order chi connectivity index (χ1) is 9.60. The average Bonchev–Trinajstić information content (AvgIpc) is 2.41. The second-order valence-corrected chi connectivity index (χ2v) is 4.38. The number of rotatable bonds is 4. The van der Waals surface area contributed by atoms with Crippen molar-refractivity contribution in [3.05, 3.63) is 52.7 Å². The Bertz CT molecular complexity index is 678. The summed E-state index contributed by atoms with van der Waals surface area (Å²) in [5, 5.41) is 20.8. The Hall–Kier alpha value is -2.58. The van der Waals surface area contributed by atoms with Crippen molar-refractivity contribution in [2.45, 2.75) is 6.42 Å². The van der Waals surface area contributed by atoms with Crippen molar-refractivity contribution in [2.75, 3.05) is 5.32 Å². The summed E-state index contributed by atoms with van der Waals surface area (Å²) in [5.74, 6) is -0.907. The van der Waals surface area contributed by atoms with Crippen LogP contribution >= 0.6 is 11.6 Å². The Balaban J connectivity index is 2.27. The zero-order chi connectivity index (χ0) is 14.5. The highest BCUT2D eigenvalue weighted by Gasteiger charge is 2.12. The lowest BCUT2D eigenvalue weighted by Crippen LogP contribution is -2.05. The first-order valence-corrected chi connectivity index (χ1v) is 6.10. The molecule has 0 saturated carbocycles. The van der Waals surface area contributed by atoms with Crippen LogP contribution in [0, 0.1) is 11.3 Å². The first kappa shape index (κ1) is 13.8. The van der Waals surface area contributed by atoms with Gasteiger partial charge in [-0.3, -0.25) is 0 Å². The highest BCUT2D eigenvalue weighted by molar-refractivity contribution is 6.29. The molecular formula is C14H10ClN3O2. The Kier molecular flexibility index (Phi) is 4.18. The topological polar surface area (TPSA) is 86.0 Å². The van der Waals surface area contributed by atoms with Crippen LogP contribution in [0.4, 0.5) is 11.5 Å². The predicted octanol–water partition coefficient (Wildman–Crippen LogP) is 3.24. The number of carbonyl (C=O) groups is 1. The van der Waals surface area contributed by atoms with Crippen LogP contribution in [-0.4, -0.2) is 16.1 Å². The lowest BCUT2D eigenvalue weighted by Gasteiger charge is -2.09. The molecule has 0 radical (unpaired) electrons. The van der Waals surface area contributed by atoms with E-state index in [1.165, 1.54) is 12.1 Å². The lowest BCUT2D eigenvalue weighted by atomic mass is 10.1. The average molecular weight is 288 g/mol. The minimum absolute atomic E-state index is 0.0375. The van der Waals surface area contributed by atoms with Crippen LogP contribution in [-0.2, 0) is 6.42 Å². The molecule has 0 aliphatic rings. The third kappa shape index (κ3) is 3.25. The number of nitrogens with zero attached hydrogens (tertiary/aromatic N) is 2. The maximum Gasteiger partial charge on any atom is 0.339 e. The predicted molar refractivity (Wildman–Crippen MR) is 75.2 cm³/mol. The molecule has 1 aromatic heterocycles. The molecule has 0 aliphatic carbocycles. The molecule has 2 N–H and O–H groups in total.